The minimum Gasteiger partial charge on any atom is -0.463 e. The fourth-order valence-corrected chi connectivity index (χ4v) is 2.24. The first-order valence-electron chi connectivity index (χ1n) is 7.54. The van der Waals surface area contributed by atoms with Gasteiger partial charge in [0.1, 0.15) is 6.61 Å². The highest BCUT2D eigenvalue weighted by Gasteiger charge is 2.30. The molecule has 1 aliphatic heterocycles. The monoisotopic (exact) mass is 284 g/mol. The van der Waals surface area contributed by atoms with E-state index in [1.165, 1.54) is 0 Å². The zero-order valence-electron chi connectivity index (χ0n) is 13.1. The van der Waals surface area contributed by atoms with Crippen LogP contribution in [-0.4, -0.2) is 37.2 Å². The Morgan fingerprint density at radius 2 is 2.20 bits per heavy atom. The van der Waals surface area contributed by atoms with Crippen molar-refractivity contribution in [1.29, 1.82) is 0 Å². The lowest BCUT2D eigenvalue weighted by Gasteiger charge is -2.14. The van der Waals surface area contributed by atoms with Crippen LogP contribution in [0.2, 0.25) is 0 Å². The molecular formula is C15H28N2O3. The predicted octanol–water partition coefficient (Wildman–Crippen LogP) is 2.14. The summed E-state index contributed by atoms with van der Waals surface area (Å²) in [5.74, 6) is 0.561. The van der Waals surface area contributed by atoms with Crippen molar-refractivity contribution in [2.45, 2.75) is 59.2 Å². The van der Waals surface area contributed by atoms with Gasteiger partial charge in [-0.3, -0.25) is 9.79 Å². The zero-order chi connectivity index (χ0) is 15.1. The van der Waals surface area contributed by atoms with Gasteiger partial charge in [0.05, 0.1) is 24.0 Å². The average molecular weight is 284 g/mol. The van der Waals surface area contributed by atoms with Gasteiger partial charge in [-0.1, -0.05) is 20.8 Å². The molecule has 1 aliphatic rings. The third-order valence-corrected chi connectivity index (χ3v) is 3.71. The van der Waals surface area contributed by atoms with E-state index in [0.717, 1.165) is 12.8 Å². The van der Waals surface area contributed by atoms with Gasteiger partial charge in [-0.25, -0.2) is 0 Å². The number of rotatable bonds is 7. The SMILES string of the molecule is CCCN=C(N)CC(C)C(=O)OCC1CC(C)C(C)O1. The van der Waals surface area contributed by atoms with Crippen molar-refractivity contribution < 1.29 is 14.3 Å². The standard InChI is InChI=1S/C15H28N2O3/c1-5-6-17-14(16)8-11(3)15(18)19-9-13-7-10(2)12(4)20-13/h10-13H,5-9H2,1-4H3,(H2,16,17). The Hall–Kier alpha value is -1.10. The molecule has 1 heterocycles. The van der Waals surface area contributed by atoms with Gasteiger partial charge >= 0.3 is 5.97 Å². The van der Waals surface area contributed by atoms with Crippen molar-refractivity contribution >= 4 is 11.8 Å². The van der Waals surface area contributed by atoms with E-state index in [4.69, 9.17) is 15.2 Å². The van der Waals surface area contributed by atoms with Crippen LogP contribution >= 0.6 is 0 Å². The van der Waals surface area contributed by atoms with Crippen LogP contribution in [0.25, 0.3) is 0 Å². The van der Waals surface area contributed by atoms with Crippen LogP contribution in [-0.2, 0) is 14.3 Å². The maximum Gasteiger partial charge on any atom is 0.309 e. The summed E-state index contributed by atoms with van der Waals surface area (Å²) in [6.07, 6.45) is 2.63. The molecule has 4 unspecified atom stereocenters. The summed E-state index contributed by atoms with van der Waals surface area (Å²) in [5, 5.41) is 0. The molecule has 5 nitrogen and oxygen atoms in total. The topological polar surface area (TPSA) is 73.9 Å². The molecule has 1 fully saturated rings. The number of carbonyl (C=O) groups excluding carboxylic acids is 1. The summed E-state index contributed by atoms with van der Waals surface area (Å²) >= 11 is 0. The molecule has 0 aliphatic carbocycles. The number of esters is 1. The van der Waals surface area contributed by atoms with Gasteiger partial charge in [-0.2, -0.15) is 0 Å². The molecule has 0 amide bonds. The van der Waals surface area contributed by atoms with Crippen molar-refractivity contribution in [2.75, 3.05) is 13.2 Å². The lowest BCUT2D eigenvalue weighted by atomic mass is 10.0. The van der Waals surface area contributed by atoms with Crippen LogP contribution in [0.5, 0.6) is 0 Å². The molecule has 1 saturated heterocycles. The predicted molar refractivity (Wildman–Crippen MR) is 79.6 cm³/mol. The number of hydrogen-bond donors (Lipinski definition) is 1. The van der Waals surface area contributed by atoms with Crippen molar-refractivity contribution in [3.05, 3.63) is 0 Å². The van der Waals surface area contributed by atoms with Gasteiger partial charge < -0.3 is 15.2 Å². The quantitative estimate of drug-likeness (QED) is 0.441. The maximum atomic E-state index is 11.9. The molecule has 2 N–H and O–H groups in total. The van der Waals surface area contributed by atoms with Crippen LogP contribution in [0.15, 0.2) is 4.99 Å². The molecule has 0 aromatic carbocycles. The minimum atomic E-state index is -0.258. The Kier molecular flexibility index (Phi) is 6.99. The molecule has 20 heavy (non-hydrogen) atoms. The van der Waals surface area contributed by atoms with Crippen molar-refractivity contribution in [1.82, 2.24) is 0 Å². The van der Waals surface area contributed by atoms with Crippen LogP contribution in [0.1, 0.15) is 47.0 Å². The number of ether oxygens (including phenoxy) is 2. The van der Waals surface area contributed by atoms with Crippen molar-refractivity contribution in [3.8, 4) is 0 Å². The second-order valence-corrected chi connectivity index (χ2v) is 5.78. The van der Waals surface area contributed by atoms with Crippen molar-refractivity contribution in [2.24, 2.45) is 22.6 Å². The largest absolute Gasteiger partial charge is 0.463 e. The molecule has 0 aromatic rings. The van der Waals surface area contributed by atoms with E-state index in [9.17, 15) is 4.79 Å². The third-order valence-electron chi connectivity index (χ3n) is 3.71. The van der Waals surface area contributed by atoms with Gasteiger partial charge in [0, 0.05) is 13.0 Å². The van der Waals surface area contributed by atoms with Crippen LogP contribution in [0.4, 0.5) is 0 Å². The molecular weight excluding hydrogens is 256 g/mol. The van der Waals surface area contributed by atoms with E-state index in [-0.39, 0.29) is 24.1 Å². The lowest BCUT2D eigenvalue weighted by molar-refractivity contribution is -0.151. The fraction of sp³-hybridized carbons (Fsp3) is 0.867. The highest BCUT2D eigenvalue weighted by Crippen LogP contribution is 2.25. The Labute approximate surface area is 121 Å². The molecule has 0 saturated carbocycles. The first-order valence-corrected chi connectivity index (χ1v) is 7.54. The molecule has 1 rings (SSSR count). The Morgan fingerprint density at radius 1 is 1.50 bits per heavy atom. The Balaban J connectivity index is 2.28. The molecule has 0 bridgehead atoms. The van der Waals surface area contributed by atoms with E-state index in [0.29, 0.717) is 31.3 Å². The Bertz CT molecular complexity index is 334. The zero-order valence-corrected chi connectivity index (χ0v) is 13.1. The van der Waals surface area contributed by atoms with Gasteiger partial charge in [-0.05, 0) is 25.7 Å². The third kappa shape index (κ3) is 5.49. The number of amidine groups is 1. The molecule has 116 valence electrons. The summed E-state index contributed by atoms with van der Waals surface area (Å²) in [4.78, 5) is 16.1. The van der Waals surface area contributed by atoms with Gasteiger partial charge in [0.15, 0.2) is 0 Å². The van der Waals surface area contributed by atoms with E-state index >= 15 is 0 Å². The smallest absolute Gasteiger partial charge is 0.309 e. The van der Waals surface area contributed by atoms with E-state index in [2.05, 4.69) is 18.8 Å². The van der Waals surface area contributed by atoms with E-state index in [1.807, 2.05) is 13.8 Å². The van der Waals surface area contributed by atoms with Crippen molar-refractivity contribution in [3.63, 3.8) is 0 Å². The first-order chi connectivity index (χ1) is 9.43. The van der Waals surface area contributed by atoms with E-state index < -0.39 is 0 Å². The van der Waals surface area contributed by atoms with Gasteiger partial charge in [0.2, 0.25) is 0 Å². The summed E-state index contributed by atoms with van der Waals surface area (Å²) in [7, 11) is 0. The van der Waals surface area contributed by atoms with Gasteiger partial charge in [0.25, 0.3) is 0 Å². The highest BCUT2D eigenvalue weighted by molar-refractivity contribution is 5.85. The second-order valence-electron chi connectivity index (χ2n) is 5.78. The van der Waals surface area contributed by atoms with Crippen LogP contribution in [0.3, 0.4) is 0 Å². The Morgan fingerprint density at radius 3 is 2.75 bits per heavy atom. The maximum absolute atomic E-state index is 11.9. The molecule has 4 atom stereocenters. The number of carbonyl (C=O) groups is 1. The van der Waals surface area contributed by atoms with E-state index in [1.54, 1.807) is 0 Å². The summed E-state index contributed by atoms with van der Waals surface area (Å²) in [6, 6.07) is 0. The molecule has 0 radical (unpaired) electrons. The summed E-state index contributed by atoms with van der Waals surface area (Å²) in [6.45, 7) is 9.11. The minimum absolute atomic E-state index is 0.0299. The highest BCUT2D eigenvalue weighted by atomic mass is 16.6. The number of nitrogens with two attached hydrogens (primary N) is 1. The van der Waals surface area contributed by atoms with Gasteiger partial charge in [-0.15, -0.1) is 0 Å². The normalized spacial score (nSPS) is 28.4. The molecule has 0 aromatic heterocycles. The average Bonchev–Trinajstić information content (AvgIpc) is 2.72. The number of hydrogen-bond acceptors (Lipinski definition) is 4. The van der Waals surface area contributed by atoms with Crippen LogP contribution < -0.4 is 5.73 Å². The lowest BCUT2D eigenvalue weighted by Crippen LogP contribution is -2.26. The second kappa shape index (κ2) is 8.25. The number of aliphatic imine (C=N–C) groups is 1. The first kappa shape index (κ1) is 17.0. The van der Waals surface area contributed by atoms with Crippen LogP contribution in [0, 0.1) is 11.8 Å². The fourth-order valence-electron chi connectivity index (χ4n) is 2.24. The molecule has 5 heteroatoms. The molecule has 0 spiro atoms. The summed E-state index contributed by atoms with van der Waals surface area (Å²) < 4.78 is 11.0. The summed E-state index contributed by atoms with van der Waals surface area (Å²) in [5.41, 5.74) is 5.77. The number of nitrogens with zero attached hydrogens (tertiary/aromatic N) is 1.